The van der Waals surface area contributed by atoms with E-state index in [1.54, 1.807) is 6.92 Å². The molecule has 6 nitrogen and oxygen atoms in total. The minimum absolute atomic E-state index is 0.0893. The van der Waals surface area contributed by atoms with E-state index in [-0.39, 0.29) is 12.5 Å². The van der Waals surface area contributed by atoms with Crippen molar-refractivity contribution in [1.82, 2.24) is 9.97 Å². The van der Waals surface area contributed by atoms with Gasteiger partial charge in [-0.1, -0.05) is 19.1 Å². The van der Waals surface area contributed by atoms with Crippen LogP contribution in [-0.4, -0.2) is 30.2 Å². The van der Waals surface area contributed by atoms with Gasteiger partial charge in [0.15, 0.2) is 0 Å². The molecule has 18 heavy (non-hydrogen) atoms. The van der Waals surface area contributed by atoms with Crippen LogP contribution in [0.5, 0.6) is 0 Å². The molecular formula is C11H16N4O2S. The summed E-state index contributed by atoms with van der Waals surface area (Å²) in [6.07, 6.45) is 0.464. The molecule has 0 aliphatic rings. The van der Waals surface area contributed by atoms with Crippen molar-refractivity contribution >= 4 is 27.0 Å². The molecule has 0 saturated carbocycles. The zero-order valence-corrected chi connectivity index (χ0v) is 10.9. The number of nitrogens with two attached hydrogens (primary N) is 1. The van der Waals surface area contributed by atoms with Crippen LogP contribution in [0.2, 0.25) is 0 Å². The predicted molar refractivity (Wildman–Crippen MR) is 71.8 cm³/mol. The lowest BCUT2D eigenvalue weighted by Gasteiger charge is -2.13. The molecule has 0 saturated heterocycles. The van der Waals surface area contributed by atoms with Crippen molar-refractivity contribution < 1.29 is 8.42 Å². The molecule has 1 heterocycles. The van der Waals surface area contributed by atoms with Crippen LogP contribution in [0.3, 0.4) is 0 Å². The van der Waals surface area contributed by atoms with E-state index in [9.17, 15) is 8.42 Å². The van der Waals surface area contributed by atoms with Crippen molar-refractivity contribution in [3.8, 4) is 0 Å². The molecule has 2 rings (SSSR count). The third kappa shape index (κ3) is 2.46. The van der Waals surface area contributed by atoms with Gasteiger partial charge in [-0.3, -0.25) is 4.72 Å². The Hall–Kier alpha value is -1.60. The molecule has 0 spiro atoms. The molecule has 0 amide bonds. The summed E-state index contributed by atoms with van der Waals surface area (Å²) >= 11 is 0. The maximum atomic E-state index is 12.0. The number of sulfonamides is 1. The monoisotopic (exact) mass is 268 g/mol. The molecule has 0 aliphatic heterocycles. The number of fused-ring (bicyclic) bond motifs is 1. The summed E-state index contributed by atoms with van der Waals surface area (Å²) in [4.78, 5) is 7.07. The zero-order chi connectivity index (χ0) is 13.2. The number of hydrogen-bond acceptors (Lipinski definition) is 4. The van der Waals surface area contributed by atoms with E-state index >= 15 is 0 Å². The first kappa shape index (κ1) is 12.8. The topological polar surface area (TPSA) is 101 Å². The SMILES string of the molecule is CCC(CN)S(=O)(=O)Nc1nc2ccccc2[nH]1. The van der Waals surface area contributed by atoms with Gasteiger partial charge in [-0.15, -0.1) is 0 Å². The van der Waals surface area contributed by atoms with E-state index in [0.717, 1.165) is 11.0 Å². The molecule has 98 valence electrons. The van der Waals surface area contributed by atoms with Crippen molar-refractivity contribution in [2.24, 2.45) is 5.73 Å². The Labute approximate surface area is 106 Å². The number of aromatic amines is 1. The van der Waals surface area contributed by atoms with Crippen LogP contribution in [0.4, 0.5) is 5.95 Å². The second-order valence-corrected chi connectivity index (χ2v) is 5.98. The van der Waals surface area contributed by atoms with E-state index in [1.165, 1.54) is 0 Å². The van der Waals surface area contributed by atoms with E-state index < -0.39 is 15.3 Å². The van der Waals surface area contributed by atoms with Gasteiger partial charge in [0.25, 0.3) is 0 Å². The third-order valence-corrected chi connectivity index (χ3v) is 4.67. The highest BCUT2D eigenvalue weighted by Gasteiger charge is 2.23. The van der Waals surface area contributed by atoms with E-state index in [1.807, 2.05) is 24.3 Å². The first-order valence-corrected chi connectivity index (χ1v) is 7.28. The van der Waals surface area contributed by atoms with Crippen LogP contribution >= 0.6 is 0 Å². The van der Waals surface area contributed by atoms with Crippen molar-refractivity contribution in [3.63, 3.8) is 0 Å². The fraction of sp³-hybridized carbons (Fsp3) is 0.364. The Balaban J connectivity index is 2.28. The Bertz CT molecular complexity index is 598. The zero-order valence-electron chi connectivity index (χ0n) is 10.1. The highest BCUT2D eigenvalue weighted by Crippen LogP contribution is 2.16. The molecule has 1 atom stereocenters. The molecule has 2 aromatic rings. The van der Waals surface area contributed by atoms with Gasteiger partial charge in [-0.05, 0) is 18.6 Å². The standard InChI is InChI=1S/C11H16N4O2S/c1-2-8(7-12)18(16,17)15-11-13-9-5-3-4-6-10(9)14-11/h3-6,8H,2,7,12H2,1H3,(H2,13,14,15). The molecule has 0 bridgehead atoms. The van der Waals surface area contributed by atoms with E-state index in [0.29, 0.717) is 6.42 Å². The summed E-state index contributed by atoms with van der Waals surface area (Å²) in [5.74, 6) is 0.225. The number of anilines is 1. The Morgan fingerprint density at radius 2 is 2.17 bits per heavy atom. The van der Waals surface area contributed by atoms with Gasteiger partial charge in [0.05, 0.1) is 16.3 Å². The van der Waals surface area contributed by atoms with Crippen LogP contribution in [-0.2, 0) is 10.0 Å². The number of benzene rings is 1. The molecule has 0 fully saturated rings. The van der Waals surface area contributed by atoms with Crippen molar-refractivity contribution in [1.29, 1.82) is 0 Å². The minimum Gasteiger partial charge on any atom is -0.329 e. The van der Waals surface area contributed by atoms with Gasteiger partial charge in [-0.25, -0.2) is 13.4 Å². The predicted octanol–water partition coefficient (Wildman–Crippen LogP) is 1.04. The quantitative estimate of drug-likeness (QED) is 0.754. The van der Waals surface area contributed by atoms with Gasteiger partial charge < -0.3 is 10.7 Å². The first-order valence-electron chi connectivity index (χ1n) is 5.73. The van der Waals surface area contributed by atoms with Crippen LogP contribution in [0.1, 0.15) is 13.3 Å². The van der Waals surface area contributed by atoms with Crippen molar-refractivity contribution in [2.45, 2.75) is 18.6 Å². The van der Waals surface area contributed by atoms with Crippen molar-refractivity contribution in [2.75, 3.05) is 11.3 Å². The summed E-state index contributed by atoms with van der Waals surface area (Å²) in [7, 11) is -3.49. The molecule has 1 unspecified atom stereocenters. The van der Waals surface area contributed by atoms with Crippen LogP contribution in [0, 0.1) is 0 Å². The van der Waals surface area contributed by atoms with Crippen LogP contribution in [0.25, 0.3) is 11.0 Å². The Morgan fingerprint density at radius 3 is 2.78 bits per heavy atom. The summed E-state index contributed by atoms with van der Waals surface area (Å²) in [5, 5.41) is -0.606. The molecular weight excluding hydrogens is 252 g/mol. The molecule has 1 aromatic carbocycles. The number of para-hydroxylation sites is 2. The fourth-order valence-electron chi connectivity index (χ4n) is 1.73. The van der Waals surface area contributed by atoms with Gasteiger partial charge >= 0.3 is 0 Å². The fourth-order valence-corrected chi connectivity index (χ4v) is 2.96. The normalized spacial score (nSPS) is 13.7. The van der Waals surface area contributed by atoms with Crippen LogP contribution in [0.15, 0.2) is 24.3 Å². The van der Waals surface area contributed by atoms with Gasteiger partial charge in [0, 0.05) is 6.54 Å². The highest BCUT2D eigenvalue weighted by atomic mass is 32.2. The molecule has 0 aliphatic carbocycles. The number of aromatic nitrogens is 2. The minimum atomic E-state index is -3.49. The highest BCUT2D eigenvalue weighted by molar-refractivity contribution is 7.93. The average Bonchev–Trinajstić information content (AvgIpc) is 2.71. The molecule has 1 aromatic heterocycles. The summed E-state index contributed by atoms with van der Waals surface area (Å²) < 4.78 is 26.4. The number of rotatable bonds is 5. The van der Waals surface area contributed by atoms with E-state index in [2.05, 4.69) is 14.7 Å². The maximum Gasteiger partial charge on any atom is 0.239 e. The van der Waals surface area contributed by atoms with Gasteiger partial charge in [0.2, 0.25) is 16.0 Å². The van der Waals surface area contributed by atoms with E-state index in [4.69, 9.17) is 5.73 Å². The lowest BCUT2D eigenvalue weighted by Crippen LogP contribution is -2.34. The number of nitrogens with zero attached hydrogens (tertiary/aromatic N) is 1. The molecule has 4 N–H and O–H groups in total. The summed E-state index contributed by atoms with van der Waals surface area (Å²) in [6, 6.07) is 7.34. The largest absolute Gasteiger partial charge is 0.329 e. The lowest BCUT2D eigenvalue weighted by atomic mass is 10.3. The molecule has 7 heteroatoms. The van der Waals surface area contributed by atoms with Crippen LogP contribution < -0.4 is 10.5 Å². The molecule has 0 radical (unpaired) electrons. The second-order valence-electron chi connectivity index (χ2n) is 4.02. The van der Waals surface area contributed by atoms with Crippen molar-refractivity contribution in [3.05, 3.63) is 24.3 Å². The first-order chi connectivity index (χ1) is 8.56. The number of nitrogens with one attached hydrogen (secondary N) is 2. The number of imidazole rings is 1. The smallest absolute Gasteiger partial charge is 0.239 e. The second kappa shape index (κ2) is 4.95. The number of hydrogen-bond donors (Lipinski definition) is 3. The Kier molecular flexibility index (Phi) is 3.53. The van der Waals surface area contributed by atoms with Gasteiger partial charge in [0.1, 0.15) is 0 Å². The third-order valence-electron chi connectivity index (χ3n) is 2.79. The summed E-state index contributed by atoms with van der Waals surface area (Å²) in [5.41, 5.74) is 6.95. The Morgan fingerprint density at radius 1 is 1.44 bits per heavy atom. The summed E-state index contributed by atoms with van der Waals surface area (Å²) in [6.45, 7) is 1.88. The average molecular weight is 268 g/mol. The van der Waals surface area contributed by atoms with Gasteiger partial charge in [-0.2, -0.15) is 0 Å². The lowest BCUT2D eigenvalue weighted by molar-refractivity contribution is 0.581. The number of H-pyrrole nitrogens is 1. The maximum absolute atomic E-state index is 12.0.